The highest BCUT2D eigenvalue weighted by molar-refractivity contribution is 5.96. The summed E-state index contributed by atoms with van der Waals surface area (Å²) in [7, 11) is 0. The molecule has 2 aromatic carbocycles. The standard InChI is InChI=1S/C28H30N2O5/c1-4-14-29(28(32)23-10-7-21(5-2)8-11-23)18-27(31)30(17-24-12-6-20(3)35-24)16-22-9-13-25-26(15-22)34-19-33-25/h4,6-13,15H,1,5,14,16-19H2,2-3H3. The Morgan fingerprint density at radius 3 is 2.37 bits per heavy atom. The van der Waals surface area contributed by atoms with Crippen LogP contribution < -0.4 is 9.47 Å². The third kappa shape index (κ3) is 5.93. The Kier molecular flexibility index (Phi) is 7.55. The van der Waals surface area contributed by atoms with E-state index in [0.29, 0.717) is 29.4 Å². The number of aryl methyl sites for hydroxylation is 2. The first-order valence-corrected chi connectivity index (χ1v) is 11.7. The van der Waals surface area contributed by atoms with Gasteiger partial charge in [0.25, 0.3) is 5.91 Å². The SMILES string of the molecule is C=CCN(CC(=O)N(Cc1ccc2c(c1)OCO2)Cc1ccc(C)o1)C(=O)c1ccc(CC)cc1. The summed E-state index contributed by atoms with van der Waals surface area (Å²) in [5.74, 6) is 2.38. The highest BCUT2D eigenvalue weighted by Gasteiger charge is 2.24. The largest absolute Gasteiger partial charge is 0.464 e. The maximum absolute atomic E-state index is 13.5. The van der Waals surface area contributed by atoms with Gasteiger partial charge in [-0.1, -0.05) is 31.2 Å². The molecule has 0 fully saturated rings. The van der Waals surface area contributed by atoms with Crippen LogP contribution in [0.4, 0.5) is 0 Å². The molecule has 1 aliphatic rings. The van der Waals surface area contributed by atoms with Gasteiger partial charge in [0.15, 0.2) is 11.5 Å². The first-order chi connectivity index (χ1) is 17.0. The van der Waals surface area contributed by atoms with E-state index in [1.807, 2.05) is 49.4 Å². The second-order valence-corrected chi connectivity index (χ2v) is 8.47. The van der Waals surface area contributed by atoms with E-state index in [1.165, 1.54) is 4.90 Å². The van der Waals surface area contributed by atoms with Crippen LogP contribution in [0.25, 0.3) is 0 Å². The van der Waals surface area contributed by atoms with Gasteiger partial charge in [0, 0.05) is 18.7 Å². The number of nitrogens with zero attached hydrogens (tertiary/aromatic N) is 2. The molecule has 0 saturated heterocycles. The summed E-state index contributed by atoms with van der Waals surface area (Å²) >= 11 is 0. The van der Waals surface area contributed by atoms with Crippen LogP contribution in [0.15, 0.2) is 71.7 Å². The zero-order valence-corrected chi connectivity index (χ0v) is 20.2. The summed E-state index contributed by atoms with van der Waals surface area (Å²) in [4.78, 5) is 29.9. The van der Waals surface area contributed by atoms with Crippen LogP contribution in [0.3, 0.4) is 0 Å². The quantitative estimate of drug-likeness (QED) is 0.397. The fourth-order valence-electron chi connectivity index (χ4n) is 3.95. The van der Waals surface area contributed by atoms with Gasteiger partial charge in [-0.05, 0) is 60.9 Å². The van der Waals surface area contributed by atoms with E-state index in [2.05, 4.69) is 13.5 Å². The van der Waals surface area contributed by atoms with Crippen molar-refractivity contribution in [3.8, 4) is 11.5 Å². The van der Waals surface area contributed by atoms with Gasteiger partial charge in [0.1, 0.15) is 18.1 Å². The topological polar surface area (TPSA) is 72.2 Å². The third-order valence-electron chi connectivity index (χ3n) is 5.88. The summed E-state index contributed by atoms with van der Waals surface area (Å²) in [6.45, 7) is 8.67. The van der Waals surface area contributed by atoms with Crippen molar-refractivity contribution < 1.29 is 23.5 Å². The van der Waals surface area contributed by atoms with Crippen molar-refractivity contribution in [2.24, 2.45) is 0 Å². The molecular weight excluding hydrogens is 444 g/mol. The number of furan rings is 1. The van der Waals surface area contributed by atoms with E-state index < -0.39 is 0 Å². The lowest BCUT2D eigenvalue weighted by molar-refractivity contribution is -0.133. The molecule has 1 aromatic heterocycles. The van der Waals surface area contributed by atoms with Crippen molar-refractivity contribution in [3.63, 3.8) is 0 Å². The molecule has 1 aliphatic heterocycles. The van der Waals surface area contributed by atoms with E-state index in [4.69, 9.17) is 13.9 Å². The number of carbonyl (C=O) groups excluding carboxylic acids is 2. The Balaban J connectivity index is 1.53. The lowest BCUT2D eigenvalue weighted by atomic mass is 10.1. The van der Waals surface area contributed by atoms with Crippen molar-refractivity contribution in [3.05, 3.63) is 95.5 Å². The summed E-state index contributed by atoms with van der Waals surface area (Å²) in [5.41, 5.74) is 2.58. The molecule has 0 spiro atoms. The third-order valence-corrected chi connectivity index (χ3v) is 5.88. The molecule has 7 heteroatoms. The fraction of sp³-hybridized carbons (Fsp3) is 0.286. The molecule has 0 bridgehead atoms. The maximum Gasteiger partial charge on any atom is 0.254 e. The van der Waals surface area contributed by atoms with E-state index in [9.17, 15) is 9.59 Å². The molecule has 2 heterocycles. The van der Waals surface area contributed by atoms with Crippen LogP contribution in [0.5, 0.6) is 11.5 Å². The van der Waals surface area contributed by atoms with Crippen molar-refractivity contribution in [2.75, 3.05) is 19.9 Å². The summed E-state index contributed by atoms with van der Waals surface area (Å²) in [6.07, 6.45) is 2.52. The Bertz CT molecular complexity index is 1200. The molecule has 0 atom stereocenters. The minimum atomic E-state index is -0.210. The lowest BCUT2D eigenvalue weighted by Gasteiger charge is -2.27. The van der Waals surface area contributed by atoms with E-state index in [0.717, 1.165) is 23.3 Å². The van der Waals surface area contributed by atoms with Crippen molar-refractivity contribution in [1.82, 2.24) is 9.80 Å². The smallest absolute Gasteiger partial charge is 0.254 e. The van der Waals surface area contributed by atoms with Gasteiger partial charge in [-0.15, -0.1) is 6.58 Å². The van der Waals surface area contributed by atoms with E-state index in [1.54, 1.807) is 23.1 Å². The number of hydrogen-bond donors (Lipinski definition) is 0. The molecule has 0 unspecified atom stereocenters. The highest BCUT2D eigenvalue weighted by Crippen LogP contribution is 2.33. The van der Waals surface area contributed by atoms with Gasteiger partial charge in [-0.3, -0.25) is 9.59 Å². The van der Waals surface area contributed by atoms with Crippen molar-refractivity contribution in [1.29, 1.82) is 0 Å². The van der Waals surface area contributed by atoms with Crippen LogP contribution in [0.2, 0.25) is 0 Å². The molecule has 4 rings (SSSR count). The average molecular weight is 475 g/mol. The number of amides is 2. The first-order valence-electron chi connectivity index (χ1n) is 11.7. The molecule has 0 aliphatic carbocycles. The molecule has 35 heavy (non-hydrogen) atoms. The number of benzene rings is 2. The molecule has 182 valence electrons. The second-order valence-electron chi connectivity index (χ2n) is 8.47. The minimum absolute atomic E-state index is 0.0787. The van der Waals surface area contributed by atoms with Gasteiger partial charge in [0.2, 0.25) is 12.7 Å². The van der Waals surface area contributed by atoms with Gasteiger partial charge in [-0.25, -0.2) is 0 Å². The fourth-order valence-corrected chi connectivity index (χ4v) is 3.95. The molecule has 3 aromatic rings. The molecule has 2 amide bonds. The van der Waals surface area contributed by atoms with Crippen molar-refractivity contribution in [2.45, 2.75) is 33.4 Å². The van der Waals surface area contributed by atoms with Crippen molar-refractivity contribution >= 4 is 11.8 Å². The van der Waals surface area contributed by atoms with Crippen LogP contribution in [0, 0.1) is 6.92 Å². The lowest BCUT2D eigenvalue weighted by Crippen LogP contribution is -2.42. The number of fused-ring (bicyclic) bond motifs is 1. The molecule has 0 radical (unpaired) electrons. The Hall–Kier alpha value is -4.00. The Morgan fingerprint density at radius 1 is 0.943 bits per heavy atom. The Morgan fingerprint density at radius 2 is 1.69 bits per heavy atom. The normalized spacial score (nSPS) is 11.8. The summed E-state index contributed by atoms with van der Waals surface area (Å²) < 4.78 is 16.6. The maximum atomic E-state index is 13.5. The van der Waals surface area contributed by atoms with E-state index in [-0.39, 0.29) is 38.2 Å². The number of rotatable bonds is 10. The average Bonchev–Trinajstić information content (AvgIpc) is 3.51. The first kappa shape index (κ1) is 24.1. The van der Waals surface area contributed by atoms with Gasteiger partial charge in [-0.2, -0.15) is 0 Å². The number of ether oxygens (including phenoxy) is 2. The number of carbonyl (C=O) groups is 2. The van der Waals surface area contributed by atoms with E-state index >= 15 is 0 Å². The minimum Gasteiger partial charge on any atom is -0.464 e. The molecule has 0 saturated carbocycles. The summed E-state index contributed by atoms with van der Waals surface area (Å²) in [6, 6.07) is 16.8. The zero-order chi connectivity index (χ0) is 24.8. The zero-order valence-electron chi connectivity index (χ0n) is 20.2. The van der Waals surface area contributed by atoms with Gasteiger partial charge in [0.05, 0.1) is 6.54 Å². The summed E-state index contributed by atoms with van der Waals surface area (Å²) in [5, 5.41) is 0. The number of hydrogen-bond acceptors (Lipinski definition) is 5. The molecule has 7 nitrogen and oxygen atoms in total. The van der Waals surface area contributed by atoms with Gasteiger partial charge >= 0.3 is 0 Å². The van der Waals surface area contributed by atoms with Crippen LogP contribution in [0.1, 0.15) is 39.9 Å². The predicted octanol–water partition coefficient (Wildman–Crippen LogP) is 4.74. The second kappa shape index (κ2) is 11.0. The molecular formula is C28H30N2O5. The van der Waals surface area contributed by atoms with Crippen LogP contribution >= 0.6 is 0 Å². The van der Waals surface area contributed by atoms with Crippen LogP contribution in [-0.2, 0) is 24.3 Å². The Labute approximate surface area is 205 Å². The highest BCUT2D eigenvalue weighted by atomic mass is 16.7. The van der Waals surface area contributed by atoms with Crippen LogP contribution in [-0.4, -0.2) is 41.5 Å². The van der Waals surface area contributed by atoms with Gasteiger partial charge < -0.3 is 23.7 Å². The molecule has 0 N–H and O–H groups in total. The predicted molar refractivity (Wildman–Crippen MR) is 132 cm³/mol. The monoisotopic (exact) mass is 474 g/mol.